The molecule has 0 N–H and O–H groups in total. The van der Waals surface area contributed by atoms with Crippen molar-refractivity contribution in [3.8, 4) is 0 Å². The van der Waals surface area contributed by atoms with Gasteiger partial charge in [0.05, 0.1) is 13.2 Å². The fourth-order valence-electron chi connectivity index (χ4n) is 4.29. The fraction of sp³-hybridized carbons (Fsp3) is 0.792. The first-order valence-corrected chi connectivity index (χ1v) is 16.0. The maximum absolute atomic E-state index is 13.4. The second-order valence-electron chi connectivity index (χ2n) is 9.44. The van der Waals surface area contributed by atoms with Crippen molar-refractivity contribution in [2.24, 2.45) is 17.0 Å². The zero-order chi connectivity index (χ0) is 26.8. The number of carbonyl (C=O) groups is 2. The van der Waals surface area contributed by atoms with E-state index in [0.29, 0.717) is 6.42 Å². The van der Waals surface area contributed by atoms with Gasteiger partial charge in [-0.25, -0.2) is 9.78 Å². The predicted octanol–water partition coefficient (Wildman–Crippen LogP) is 6.59. The van der Waals surface area contributed by atoms with Crippen LogP contribution in [0.4, 0.5) is 0 Å². The molecule has 0 aliphatic heterocycles. The van der Waals surface area contributed by atoms with Crippen LogP contribution in [-0.4, -0.2) is 56.3 Å². The van der Waals surface area contributed by atoms with E-state index < -0.39 is 20.3 Å². The second-order valence-corrected chi connectivity index (χ2v) is 15.1. The molecule has 4 atom stereocenters. The Balaban J connectivity index is 3.41. The molecule has 0 aliphatic rings. The van der Waals surface area contributed by atoms with Crippen LogP contribution in [0.25, 0.3) is 10.4 Å². The van der Waals surface area contributed by atoms with Crippen molar-refractivity contribution in [1.82, 2.24) is 9.88 Å². The number of rotatable bonds is 15. The lowest BCUT2D eigenvalue weighted by molar-refractivity contribution is -0.136. The molecule has 9 nitrogen and oxygen atoms in total. The molecule has 0 aliphatic carbocycles. The molecule has 1 unspecified atom stereocenters. The van der Waals surface area contributed by atoms with Gasteiger partial charge in [-0.3, -0.25) is 4.79 Å². The van der Waals surface area contributed by atoms with Gasteiger partial charge in [0.15, 0.2) is 14.0 Å². The first-order chi connectivity index (χ1) is 16.5. The van der Waals surface area contributed by atoms with Gasteiger partial charge in [-0.2, -0.15) is 0 Å². The van der Waals surface area contributed by atoms with Gasteiger partial charge in [-0.1, -0.05) is 60.0 Å². The molecular formula is C24H43N5O4SSi. The molecule has 1 amide bonds. The highest BCUT2D eigenvalue weighted by atomic mass is 32.1. The summed E-state index contributed by atoms with van der Waals surface area (Å²) < 4.78 is 11.7. The number of carbonyl (C=O) groups excluding carboxylic acids is 2. The Bertz CT molecular complexity index is 862. The highest BCUT2D eigenvalue weighted by Gasteiger charge is 2.38. The van der Waals surface area contributed by atoms with Crippen LogP contribution >= 0.6 is 11.3 Å². The van der Waals surface area contributed by atoms with Crippen molar-refractivity contribution in [3.63, 3.8) is 0 Å². The number of ether oxygens (including phenoxy) is 1. The molecule has 35 heavy (non-hydrogen) atoms. The van der Waals surface area contributed by atoms with Crippen molar-refractivity contribution in [1.29, 1.82) is 0 Å². The van der Waals surface area contributed by atoms with Crippen LogP contribution in [0.15, 0.2) is 10.5 Å². The fourth-order valence-corrected chi connectivity index (χ4v) is 8.01. The Morgan fingerprint density at radius 3 is 2.26 bits per heavy atom. The SMILES string of the molecule is CC[C@H](C)C(N=[N+]=[N-])C(=O)N(C)[C@H](C[C@@H](O[Si](CC)(CC)CC)c1nc(C(=O)OC)cs1)C(C)C. The Morgan fingerprint density at radius 2 is 1.80 bits per heavy atom. The monoisotopic (exact) mass is 525 g/mol. The number of hydrogen-bond acceptors (Lipinski definition) is 7. The van der Waals surface area contributed by atoms with Gasteiger partial charge < -0.3 is 14.1 Å². The minimum atomic E-state index is -2.03. The first-order valence-electron chi connectivity index (χ1n) is 12.6. The zero-order valence-electron chi connectivity index (χ0n) is 22.8. The molecular weight excluding hydrogens is 482 g/mol. The smallest absolute Gasteiger partial charge is 0.357 e. The summed E-state index contributed by atoms with van der Waals surface area (Å²) in [7, 11) is 1.08. The molecule has 1 aromatic rings. The van der Waals surface area contributed by atoms with E-state index in [-0.39, 0.29) is 35.6 Å². The molecule has 0 spiro atoms. The number of likely N-dealkylation sites (N-methyl/N-ethyl adjacent to an activating group) is 1. The van der Waals surface area contributed by atoms with Gasteiger partial charge in [0.25, 0.3) is 0 Å². The standard InChI is InChI=1S/C24H43N5O4SSi/c1-10-17(7)21(27-28-25)23(30)29(8)19(16(5)6)14-20(33-35(11-2,12-3)13-4)22-26-18(15-34-22)24(31)32-9/h15-17,19-21H,10-14H2,1-9H3/t17-,19+,20+,21?/m0/s1. The van der Waals surface area contributed by atoms with Crippen LogP contribution in [0, 0.1) is 11.8 Å². The predicted molar refractivity (Wildman–Crippen MR) is 143 cm³/mol. The van der Waals surface area contributed by atoms with Gasteiger partial charge in [-0.05, 0) is 41.9 Å². The van der Waals surface area contributed by atoms with Crippen LogP contribution in [0.2, 0.25) is 18.1 Å². The lowest BCUT2D eigenvalue weighted by Crippen LogP contribution is -2.48. The van der Waals surface area contributed by atoms with E-state index in [4.69, 9.17) is 14.7 Å². The van der Waals surface area contributed by atoms with E-state index in [9.17, 15) is 9.59 Å². The first kappa shape index (κ1) is 31.1. The van der Waals surface area contributed by atoms with Crippen LogP contribution in [0.1, 0.15) is 82.9 Å². The Labute approximate surface area is 215 Å². The number of amides is 1. The summed E-state index contributed by atoms with van der Waals surface area (Å²) in [6.45, 7) is 14.6. The number of azide groups is 1. The molecule has 11 heteroatoms. The van der Waals surface area contributed by atoms with Crippen LogP contribution in [-0.2, 0) is 14.0 Å². The summed E-state index contributed by atoms with van der Waals surface area (Å²) in [5, 5.41) is 6.25. The van der Waals surface area contributed by atoms with Crippen molar-refractivity contribution in [2.45, 2.75) is 97.6 Å². The normalized spacial score (nSPS) is 15.1. The summed E-state index contributed by atoms with van der Waals surface area (Å²) in [6, 6.07) is 1.99. The molecule has 1 heterocycles. The molecule has 1 aromatic heterocycles. The Hall–Kier alpha value is -1.94. The van der Waals surface area contributed by atoms with Gasteiger partial charge in [0.2, 0.25) is 5.91 Å². The van der Waals surface area contributed by atoms with Crippen molar-refractivity contribution in [2.75, 3.05) is 14.2 Å². The summed E-state index contributed by atoms with van der Waals surface area (Å²) in [4.78, 5) is 34.7. The molecule has 0 radical (unpaired) electrons. The molecule has 1 rings (SSSR count). The third kappa shape index (κ3) is 8.03. The number of hydrogen-bond donors (Lipinski definition) is 0. The van der Waals surface area contributed by atoms with Crippen LogP contribution in [0.3, 0.4) is 0 Å². The van der Waals surface area contributed by atoms with E-state index in [1.807, 2.05) is 13.8 Å². The van der Waals surface area contributed by atoms with E-state index in [0.717, 1.165) is 29.6 Å². The average Bonchev–Trinajstić information content (AvgIpc) is 3.36. The minimum Gasteiger partial charge on any atom is -0.464 e. The van der Waals surface area contributed by atoms with Crippen molar-refractivity contribution in [3.05, 3.63) is 26.5 Å². The molecule has 0 aromatic carbocycles. The summed E-state index contributed by atoms with van der Waals surface area (Å²) in [6.07, 6.45) is 0.912. The molecule has 198 valence electrons. The van der Waals surface area contributed by atoms with Gasteiger partial charge in [-0.15, -0.1) is 11.3 Å². The third-order valence-electron chi connectivity index (χ3n) is 7.20. The Kier molecular flexibility index (Phi) is 12.9. The van der Waals surface area contributed by atoms with E-state index in [1.165, 1.54) is 18.4 Å². The number of methoxy groups -OCH3 is 1. The zero-order valence-corrected chi connectivity index (χ0v) is 24.6. The van der Waals surface area contributed by atoms with E-state index in [1.54, 1.807) is 17.3 Å². The number of esters is 1. The molecule has 0 saturated carbocycles. The quantitative estimate of drug-likeness (QED) is 0.0841. The number of aromatic nitrogens is 1. The maximum Gasteiger partial charge on any atom is 0.357 e. The minimum absolute atomic E-state index is 0.0670. The molecule has 0 saturated heterocycles. The highest BCUT2D eigenvalue weighted by molar-refractivity contribution is 7.09. The average molecular weight is 526 g/mol. The topological polar surface area (TPSA) is 117 Å². The van der Waals surface area contributed by atoms with Crippen LogP contribution in [0.5, 0.6) is 0 Å². The second kappa shape index (κ2) is 14.6. The van der Waals surface area contributed by atoms with E-state index in [2.05, 4.69) is 49.6 Å². The lowest BCUT2D eigenvalue weighted by atomic mass is 9.93. The van der Waals surface area contributed by atoms with Crippen molar-refractivity contribution < 1.29 is 18.8 Å². The number of thiazole rings is 1. The van der Waals surface area contributed by atoms with Crippen molar-refractivity contribution >= 4 is 31.5 Å². The van der Waals surface area contributed by atoms with Gasteiger partial charge in [0.1, 0.15) is 11.0 Å². The van der Waals surface area contributed by atoms with Crippen LogP contribution < -0.4 is 0 Å². The molecule has 0 fully saturated rings. The van der Waals surface area contributed by atoms with E-state index >= 15 is 0 Å². The van der Waals surface area contributed by atoms with Gasteiger partial charge in [0, 0.05) is 23.4 Å². The number of nitrogens with zero attached hydrogens (tertiary/aromatic N) is 5. The molecule has 0 bridgehead atoms. The summed E-state index contributed by atoms with van der Waals surface area (Å²) in [5.41, 5.74) is 9.32. The third-order valence-corrected chi connectivity index (χ3v) is 12.8. The largest absolute Gasteiger partial charge is 0.464 e. The van der Waals surface area contributed by atoms with Gasteiger partial charge >= 0.3 is 5.97 Å². The summed E-state index contributed by atoms with van der Waals surface area (Å²) in [5.74, 6) is -0.606. The highest BCUT2D eigenvalue weighted by Crippen LogP contribution is 2.36. The maximum atomic E-state index is 13.4. The summed E-state index contributed by atoms with van der Waals surface area (Å²) >= 11 is 1.39. The lowest BCUT2D eigenvalue weighted by Gasteiger charge is -2.38. The Morgan fingerprint density at radius 1 is 1.20 bits per heavy atom.